The molecule has 0 nitrogen and oxygen atoms in total. The SMILES string of the molecule is CC1=[C-]c2c(ccc3ccccc23)C1.CC1=[C-]c2c(ccc3ccccc23)C1.[Zr+2]. The van der Waals surface area contributed by atoms with E-state index in [4.69, 9.17) is 0 Å². The van der Waals surface area contributed by atoms with Crippen molar-refractivity contribution in [3.05, 3.63) is 118 Å². The van der Waals surface area contributed by atoms with E-state index >= 15 is 0 Å². The summed E-state index contributed by atoms with van der Waals surface area (Å²) in [6, 6.07) is 25.9. The fourth-order valence-corrected chi connectivity index (χ4v) is 4.31. The van der Waals surface area contributed by atoms with Crippen LogP contribution in [-0.2, 0) is 39.0 Å². The van der Waals surface area contributed by atoms with Crippen LogP contribution in [0, 0.1) is 12.2 Å². The molecule has 0 atom stereocenters. The molecular formula is C28H22Zr. The first-order valence-corrected chi connectivity index (χ1v) is 9.89. The van der Waals surface area contributed by atoms with Crippen molar-refractivity contribution in [3.63, 3.8) is 0 Å². The second-order valence-corrected chi connectivity index (χ2v) is 7.81. The van der Waals surface area contributed by atoms with E-state index in [1.165, 1.54) is 54.9 Å². The maximum absolute atomic E-state index is 3.46. The topological polar surface area (TPSA) is 0 Å². The van der Waals surface area contributed by atoms with Crippen LogP contribution >= 0.6 is 0 Å². The molecule has 138 valence electrons. The van der Waals surface area contributed by atoms with Gasteiger partial charge in [-0.2, -0.15) is 23.3 Å². The molecule has 2 aliphatic carbocycles. The molecule has 0 saturated heterocycles. The second kappa shape index (κ2) is 8.25. The van der Waals surface area contributed by atoms with E-state index in [1.54, 1.807) is 0 Å². The summed E-state index contributed by atoms with van der Waals surface area (Å²) < 4.78 is 0. The summed E-state index contributed by atoms with van der Waals surface area (Å²) in [5, 5.41) is 5.30. The molecule has 6 rings (SSSR count). The zero-order valence-electron chi connectivity index (χ0n) is 16.8. The predicted molar refractivity (Wildman–Crippen MR) is 118 cm³/mol. The number of rotatable bonds is 0. The van der Waals surface area contributed by atoms with Crippen LogP contribution in [0.3, 0.4) is 0 Å². The van der Waals surface area contributed by atoms with Crippen LogP contribution in [0.2, 0.25) is 0 Å². The molecule has 0 radical (unpaired) electrons. The third kappa shape index (κ3) is 3.81. The number of allylic oxidation sites excluding steroid dienone is 2. The third-order valence-electron chi connectivity index (χ3n) is 5.62. The molecule has 4 aromatic rings. The maximum Gasteiger partial charge on any atom is 2.00 e. The Kier molecular flexibility index (Phi) is 5.70. The molecule has 0 amide bonds. The minimum Gasteiger partial charge on any atom is -0.182 e. The van der Waals surface area contributed by atoms with Crippen molar-refractivity contribution < 1.29 is 26.2 Å². The van der Waals surface area contributed by atoms with Gasteiger partial charge >= 0.3 is 26.2 Å². The van der Waals surface area contributed by atoms with Crippen molar-refractivity contribution in [1.29, 1.82) is 0 Å². The average Bonchev–Trinajstić information content (AvgIpc) is 3.30. The summed E-state index contributed by atoms with van der Waals surface area (Å²) in [5.74, 6) is 0. The molecular weight excluding hydrogens is 428 g/mol. The van der Waals surface area contributed by atoms with Crippen molar-refractivity contribution in [1.82, 2.24) is 0 Å². The summed E-state index contributed by atoms with van der Waals surface area (Å²) in [4.78, 5) is 0. The smallest absolute Gasteiger partial charge is 0.182 e. The van der Waals surface area contributed by atoms with Gasteiger partial charge in [-0.3, -0.25) is 0 Å². The van der Waals surface area contributed by atoms with E-state index in [-0.39, 0.29) is 26.2 Å². The summed E-state index contributed by atoms with van der Waals surface area (Å²) >= 11 is 0. The molecule has 0 spiro atoms. The van der Waals surface area contributed by atoms with Gasteiger partial charge in [-0.25, -0.2) is 0 Å². The zero-order chi connectivity index (χ0) is 19.1. The molecule has 4 aromatic carbocycles. The number of hydrogen-bond acceptors (Lipinski definition) is 0. The number of benzene rings is 4. The van der Waals surface area contributed by atoms with Crippen LogP contribution in [0.25, 0.3) is 21.5 Å². The quantitative estimate of drug-likeness (QED) is 0.254. The Balaban J connectivity index is 0.000000137. The first-order valence-electron chi connectivity index (χ1n) is 9.89. The van der Waals surface area contributed by atoms with Crippen LogP contribution in [0.4, 0.5) is 0 Å². The van der Waals surface area contributed by atoms with Crippen LogP contribution < -0.4 is 0 Å². The van der Waals surface area contributed by atoms with Gasteiger partial charge in [0, 0.05) is 0 Å². The first-order chi connectivity index (χ1) is 13.7. The van der Waals surface area contributed by atoms with Crippen molar-refractivity contribution in [2.75, 3.05) is 0 Å². The monoisotopic (exact) mass is 448 g/mol. The van der Waals surface area contributed by atoms with Crippen molar-refractivity contribution >= 4 is 21.5 Å². The van der Waals surface area contributed by atoms with E-state index in [1.807, 2.05) is 0 Å². The Morgan fingerprint density at radius 3 is 1.41 bits per heavy atom. The van der Waals surface area contributed by atoms with Gasteiger partial charge < -0.3 is 0 Å². The van der Waals surface area contributed by atoms with Gasteiger partial charge in [0.1, 0.15) is 0 Å². The normalized spacial score (nSPS) is 13.7. The fraction of sp³-hybridized carbons (Fsp3) is 0.143. The number of hydrogen-bond donors (Lipinski definition) is 0. The molecule has 1 heteroatoms. The molecule has 0 unspecified atom stereocenters. The molecule has 0 heterocycles. The van der Waals surface area contributed by atoms with Crippen LogP contribution in [0.15, 0.2) is 83.9 Å². The Morgan fingerprint density at radius 1 is 0.552 bits per heavy atom. The van der Waals surface area contributed by atoms with Crippen LogP contribution in [0.5, 0.6) is 0 Å². The van der Waals surface area contributed by atoms with E-state index < -0.39 is 0 Å². The minimum absolute atomic E-state index is 0. The zero-order valence-corrected chi connectivity index (χ0v) is 19.3. The molecule has 0 fully saturated rings. The van der Waals surface area contributed by atoms with E-state index in [0.29, 0.717) is 0 Å². The first kappa shape index (κ1) is 20.1. The van der Waals surface area contributed by atoms with E-state index in [2.05, 4.69) is 98.8 Å². The van der Waals surface area contributed by atoms with Crippen molar-refractivity contribution in [2.24, 2.45) is 0 Å². The van der Waals surface area contributed by atoms with Gasteiger partial charge in [-0.15, -0.1) is 57.3 Å². The Bertz CT molecular complexity index is 1170. The van der Waals surface area contributed by atoms with Crippen LogP contribution in [0.1, 0.15) is 36.1 Å². The van der Waals surface area contributed by atoms with Crippen molar-refractivity contribution in [2.45, 2.75) is 26.7 Å². The molecule has 0 N–H and O–H groups in total. The Morgan fingerprint density at radius 2 is 0.966 bits per heavy atom. The van der Waals surface area contributed by atoms with Crippen LogP contribution in [-0.4, -0.2) is 0 Å². The Labute approximate surface area is 192 Å². The molecule has 0 saturated carbocycles. The maximum atomic E-state index is 3.46. The Hall–Kier alpha value is -2.24. The minimum atomic E-state index is 0. The summed E-state index contributed by atoms with van der Waals surface area (Å²) in [6.45, 7) is 4.30. The summed E-state index contributed by atoms with van der Waals surface area (Å²) in [5.41, 5.74) is 8.14. The summed E-state index contributed by atoms with van der Waals surface area (Å²) in [7, 11) is 0. The van der Waals surface area contributed by atoms with Gasteiger partial charge in [-0.05, 0) is 0 Å². The molecule has 2 aliphatic rings. The standard InChI is InChI=1S/2C14H11.Zr/c2*1-10-8-12-7-6-11-4-2-3-5-13(11)14(12)9-10;/h2*2-7H,8H2,1H3;/q2*-1;+2. The van der Waals surface area contributed by atoms with Gasteiger partial charge in [0.15, 0.2) is 0 Å². The van der Waals surface area contributed by atoms with E-state index in [0.717, 1.165) is 12.8 Å². The van der Waals surface area contributed by atoms with Gasteiger partial charge in [0.2, 0.25) is 0 Å². The fourth-order valence-electron chi connectivity index (χ4n) is 4.31. The summed E-state index contributed by atoms with van der Waals surface area (Å²) in [6.07, 6.45) is 9.05. The molecule has 0 bridgehead atoms. The van der Waals surface area contributed by atoms with E-state index in [9.17, 15) is 0 Å². The van der Waals surface area contributed by atoms with Gasteiger partial charge in [0.25, 0.3) is 0 Å². The average molecular weight is 450 g/mol. The molecule has 0 aliphatic heterocycles. The second-order valence-electron chi connectivity index (χ2n) is 7.81. The largest absolute Gasteiger partial charge is 2.00 e. The van der Waals surface area contributed by atoms with Gasteiger partial charge in [-0.1, -0.05) is 86.0 Å². The molecule has 29 heavy (non-hydrogen) atoms. The van der Waals surface area contributed by atoms with Gasteiger partial charge in [0.05, 0.1) is 0 Å². The third-order valence-corrected chi connectivity index (χ3v) is 5.62. The van der Waals surface area contributed by atoms with Crippen molar-refractivity contribution in [3.8, 4) is 0 Å². The predicted octanol–water partition coefficient (Wildman–Crippen LogP) is 6.98. The number of fused-ring (bicyclic) bond motifs is 6. The molecule has 0 aromatic heterocycles.